The lowest BCUT2D eigenvalue weighted by Crippen LogP contribution is -2.34. The van der Waals surface area contributed by atoms with Crippen molar-refractivity contribution in [2.45, 2.75) is 44.6 Å². The van der Waals surface area contributed by atoms with E-state index in [4.69, 9.17) is 0 Å². The molecule has 39 heavy (non-hydrogen) atoms. The van der Waals surface area contributed by atoms with Gasteiger partial charge < -0.3 is 15.5 Å². The van der Waals surface area contributed by atoms with Crippen molar-refractivity contribution in [2.75, 3.05) is 17.2 Å². The lowest BCUT2D eigenvalue weighted by atomic mass is 10.0. The van der Waals surface area contributed by atoms with Gasteiger partial charge in [-0.2, -0.15) is 26.3 Å². The number of alkyl halides is 6. The summed E-state index contributed by atoms with van der Waals surface area (Å²) >= 11 is 0. The van der Waals surface area contributed by atoms with Gasteiger partial charge in [0.15, 0.2) is 0 Å². The Labute approximate surface area is 220 Å². The quantitative estimate of drug-likeness (QED) is 0.342. The molecule has 0 bridgehead atoms. The van der Waals surface area contributed by atoms with Gasteiger partial charge in [0, 0.05) is 36.1 Å². The van der Waals surface area contributed by atoms with Gasteiger partial charge in [-0.15, -0.1) is 0 Å². The van der Waals surface area contributed by atoms with E-state index in [-0.39, 0.29) is 23.0 Å². The summed E-state index contributed by atoms with van der Waals surface area (Å²) in [7, 11) is 0. The van der Waals surface area contributed by atoms with Crippen LogP contribution >= 0.6 is 0 Å². The van der Waals surface area contributed by atoms with Crippen molar-refractivity contribution in [1.29, 1.82) is 0 Å². The van der Waals surface area contributed by atoms with Gasteiger partial charge in [-0.3, -0.25) is 4.98 Å². The Bertz CT molecular complexity index is 1410. The number of benzene rings is 1. The molecule has 1 fully saturated rings. The number of nitrogens with zero attached hydrogens (tertiary/aromatic N) is 4. The van der Waals surface area contributed by atoms with Crippen molar-refractivity contribution in [1.82, 2.24) is 14.9 Å². The second kappa shape index (κ2) is 10.2. The molecular formula is C27H24F6N6. The third-order valence-electron chi connectivity index (χ3n) is 6.62. The second-order valence-corrected chi connectivity index (χ2v) is 9.39. The zero-order valence-electron chi connectivity index (χ0n) is 20.7. The number of hydrogen-bond acceptors (Lipinski definition) is 6. The Kier molecular flexibility index (Phi) is 6.96. The Morgan fingerprint density at radius 3 is 2.51 bits per heavy atom. The number of halogens is 6. The maximum Gasteiger partial charge on any atom is 0.433 e. The van der Waals surface area contributed by atoms with Gasteiger partial charge in [0.05, 0.1) is 28.8 Å². The first-order chi connectivity index (χ1) is 18.5. The number of pyridine rings is 2. The third-order valence-corrected chi connectivity index (χ3v) is 6.62. The Balaban J connectivity index is 1.54. The van der Waals surface area contributed by atoms with Crippen LogP contribution in [0.5, 0.6) is 0 Å². The molecule has 2 N–H and O–H groups in total. The van der Waals surface area contributed by atoms with E-state index >= 15 is 0 Å². The fourth-order valence-electron chi connectivity index (χ4n) is 4.61. The van der Waals surface area contributed by atoms with E-state index in [0.717, 1.165) is 44.1 Å². The SMILES string of the molecule is CC1CCCCN1C=C1N=C(Nc2ccc(C(F)(F)F)nc2)c2ccc(-c3ncccc3C(F)(F)F)cc2N1. The number of rotatable bonds is 3. The number of hydrogen-bond donors (Lipinski definition) is 2. The van der Waals surface area contributed by atoms with Crippen molar-refractivity contribution in [3.8, 4) is 11.3 Å². The fourth-order valence-corrected chi connectivity index (χ4v) is 4.61. The van der Waals surface area contributed by atoms with Gasteiger partial charge in [-0.1, -0.05) is 6.07 Å². The normalized spacial score (nSPS) is 18.8. The number of anilines is 2. The molecule has 1 aromatic carbocycles. The maximum absolute atomic E-state index is 13.7. The van der Waals surface area contributed by atoms with Gasteiger partial charge in [-0.05, 0) is 62.6 Å². The molecule has 0 spiro atoms. The highest BCUT2D eigenvalue weighted by atomic mass is 19.4. The smallest absolute Gasteiger partial charge is 0.372 e. The molecule has 0 aliphatic carbocycles. The van der Waals surface area contributed by atoms with E-state index in [1.54, 1.807) is 12.1 Å². The minimum Gasteiger partial charge on any atom is -0.372 e. The van der Waals surface area contributed by atoms with Crippen LogP contribution in [0.15, 0.2) is 71.9 Å². The van der Waals surface area contributed by atoms with E-state index < -0.39 is 23.6 Å². The molecule has 1 unspecified atom stereocenters. The zero-order chi connectivity index (χ0) is 27.8. The average molecular weight is 547 g/mol. The molecule has 0 radical (unpaired) electrons. The van der Waals surface area contributed by atoms with Crippen LogP contribution in [0.1, 0.15) is 43.0 Å². The first kappa shape index (κ1) is 26.5. The Morgan fingerprint density at radius 1 is 1.00 bits per heavy atom. The third kappa shape index (κ3) is 5.84. The van der Waals surface area contributed by atoms with Gasteiger partial charge in [0.2, 0.25) is 0 Å². The molecule has 5 rings (SSSR count). The second-order valence-electron chi connectivity index (χ2n) is 9.39. The minimum atomic E-state index is -4.59. The monoisotopic (exact) mass is 546 g/mol. The van der Waals surface area contributed by atoms with Crippen molar-refractivity contribution in [2.24, 2.45) is 4.99 Å². The van der Waals surface area contributed by atoms with Crippen molar-refractivity contribution in [3.05, 3.63) is 83.7 Å². The summed E-state index contributed by atoms with van der Waals surface area (Å²) in [6.45, 7) is 2.92. The molecule has 1 saturated heterocycles. The van der Waals surface area contributed by atoms with E-state index in [0.29, 0.717) is 22.9 Å². The molecular weight excluding hydrogens is 522 g/mol. The van der Waals surface area contributed by atoms with E-state index in [9.17, 15) is 26.3 Å². The summed E-state index contributed by atoms with van der Waals surface area (Å²) in [6.07, 6.45) is -1.82. The summed E-state index contributed by atoms with van der Waals surface area (Å²) in [5.41, 5.74) is -0.589. The van der Waals surface area contributed by atoms with E-state index in [1.807, 2.05) is 6.20 Å². The molecule has 2 aromatic heterocycles. The van der Waals surface area contributed by atoms with Gasteiger partial charge in [0.1, 0.15) is 17.4 Å². The van der Waals surface area contributed by atoms with Crippen LogP contribution in [0.25, 0.3) is 11.3 Å². The number of fused-ring (bicyclic) bond motifs is 1. The van der Waals surface area contributed by atoms with E-state index in [2.05, 4.69) is 37.4 Å². The summed E-state index contributed by atoms with van der Waals surface area (Å²) < 4.78 is 79.9. The standard InChI is InChI=1S/C27H24F6N6/c1-16-5-2-3-12-39(16)15-23-37-21-13-17(24-20(26(28,29)30)6-4-11-34-24)7-9-19(21)25(38-23)36-18-8-10-22(35-14-18)27(31,32)33/h4,6-11,13-16,37H,2-3,5,12H2,1H3,(H,36,38). The van der Waals surface area contributed by atoms with Crippen LogP contribution in [0.4, 0.5) is 37.7 Å². The van der Waals surface area contributed by atoms with Crippen LogP contribution in [-0.2, 0) is 12.4 Å². The largest absolute Gasteiger partial charge is 0.433 e. The van der Waals surface area contributed by atoms with Crippen molar-refractivity contribution < 1.29 is 26.3 Å². The first-order valence-electron chi connectivity index (χ1n) is 12.3. The topological polar surface area (TPSA) is 65.4 Å². The minimum absolute atomic E-state index is 0.214. The molecule has 4 heterocycles. The first-order valence-corrected chi connectivity index (χ1v) is 12.3. The molecule has 0 saturated carbocycles. The highest BCUT2D eigenvalue weighted by Crippen LogP contribution is 2.38. The summed E-state index contributed by atoms with van der Waals surface area (Å²) in [6, 6.07) is 9.24. The molecule has 204 valence electrons. The lowest BCUT2D eigenvalue weighted by molar-refractivity contribution is -0.141. The molecule has 12 heteroatoms. The molecule has 2 aliphatic heterocycles. The van der Waals surface area contributed by atoms with Crippen LogP contribution in [0, 0.1) is 0 Å². The van der Waals surface area contributed by atoms with Crippen LogP contribution in [0.3, 0.4) is 0 Å². The summed E-state index contributed by atoms with van der Waals surface area (Å²) in [4.78, 5) is 14.3. The summed E-state index contributed by atoms with van der Waals surface area (Å²) in [5.74, 6) is 0.748. The number of likely N-dealkylation sites (tertiary alicyclic amines) is 1. The summed E-state index contributed by atoms with van der Waals surface area (Å²) in [5, 5.41) is 6.21. The van der Waals surface area contributed by atoms with Gasteiger partial charge in [-0.25, -0.2) is 9.98 Å². The Morgan fingerprint density at radius 2 is 1.82 bits per heavy atom. The highest BCUT2D eigenvalue weighted by molar-refractivity contribution is 6.13. The number of amidine groups is 1. The van der Waals surface area contributed by atoms with Gasteiger partial charge >= 0.3 is 12.4 Å². The van der Waals surface area contributed by atoms with Crippen LogP contribution in [-0.4, -0.2) is 33.3 Å². The molecule has 1 atom stereocenters. The van der Waals surface area contributed by atoms with Gasteiger partial charge in [0.25, 0.3) is 0 Å². The molecule has 6 nitrogen and oxygen atoms in total. The molecule has 0 amide bonds. The predicted octanol–water partition coefficient (Wildman–Crippen LogP) is 7.14. The Hall–Kier alpha value is -4.09. The van der Waals surface area contributed by atoms with Crippen LogP contribution in [0.2, 0.25) is 0 Å². The molecule has 2 aliphatic rings. The average Bonchev–Trinajstić information content (AvgIpc) is 2.89. The molecule has 3 aromatic rings. The highest BCUT2D eigenvalue weighted by Gasteiger charge is 2.35. The number of nitrogens with one attached hydrogen (secondary N) is 2. The fraction of sp³-hybridized carbons (Fsp3) is 0.296. The van der Waals surface area contributed by atoms with E-state index in [1.165, 1.54) is 24.4 Å². The number of aliphatic imine (C=N–C) groups is 1. The maximum atomic E-state index is 13.7. The van der Waals surface area contributed by atoms with Crippen LogP contribution < -0.4 is 10.6 Å². The lowest BCUT2D eigenvalue weighted by Gasteiger charge is -2.33. The zero-order valence-corrected chi connectivity index (χ0v) is 20.7. The van der Waals surface area contributed by atoms with Crippen molar-refractivity contribution in [3.63, 3.8) is 0 Å². The van der Waals surface area contributed by atoms with Crippen molar-refractivity contribution >= 4 is 17.2 Å². The number of piperidine rings is 1. The number of aromatic nitrogens is 2. The predicted molar refractivity (Wildman–Crippen MR) is 136 cm³/mol.